The molecule has 2 fully saturated rings. The minimum Gasteiger partial charge on any atom is -0.392 e. The van der Waals surface area contributed by atoms with Crippen molar-refractivity contribution in [1.82, 2.24) is 5.32 Å². The van der Waals surface area contributed by atoms with E-state index in [0.29, 0.717) is 12.0 Å². The van der Waals surface area contributed by atoms with Gasteiger partial charge in [-0.05, 0) is 38.0 Å². The molecule has 14 heavy (non-hydrogen) atoms. The lowest BCUT2D eigenvalue weighted by Crippen LogP contribution is -2.40. The lowest BCUT2D eigenvalue weighted by molar-refractivity contribution is 0.0510. The molecule has 1 aliphatic heterocycles. The van der Waals surface area contributed by atoms with Crippen LogP contribution in [0, 0.1) is 5.92 Å². The first-order valence-corrected chi connectivity index (χ1v) is 5.85. The molecule has 0 aromatic heterocycles. The maximum Gasteiger partial charge on any atom is 0.0693 e. The Morgan fingerprint density at radius 1 is 1.21 bits per heavy atom. The van der Waals surface area contributed by atoms with E-state index in [0.717, 1.165) is 32.6 Å². The summed E-state index contributed by atoms with van der Waals surface area (Å²) in [4.78, 5) is 0. The van der Waals surface area contributed by atoms with Gasteiger partial charge in [0.2, 0.25) is 0 Å². The summed E-state index contributed by atoms with van der Waals surface area (Å²) in [6.45, 7) is 2.85. The van der Waals surface area contributed by atoms with Gasteiger partial charge in [0.1, 0.15) is 0 Å². The van der Waals surface area contributed by atoms with Gasteiger partial charge in [0.15, 0.2) is 0 Å². The van der Waals surface area contributed by atoms with Gasteiger partial charge in [0, 0.05) is 19.2 Å². The van der Waals surface area contributed by atoms with Crippen LogP contribution in [0.3, 0.4) is 0 Å². The standard InChI is InChI=1S/C11H21NO2/c13-11-5-1-4-10(11)12-7-9-3-2-6-14-8-9/h9-13H,1-8H2. The summed E-state index contributed by atoms with van der Waals surface area (Å²) < 4.78 is 5.42. The molecular weight excluding hydrogens is 178 g/mol. The molecule has 3 atom stereocenters. The Balaban J connectivity index is 1.65. The molecule has 1 saturated carbocycles. The maximum absolute atomic E-state index is 9.62. The van der Waals surface area contributed by atoms with Crippen LogP contribution in [0.4, 0.5) is 0 Å². The van der Waals surface area contributed by atoms with Gasteiger partial charge in [-0.2, -0.15) is 0 Å². The number of hydrogen-bond donors (Lipinski definition) is 2. The molecule has 1 heterocycles. The second-order valence-corrected chi connectivity index (χ2v) is 4.60. The van der Waals surface area contributed by atoms with Crippen LogP contribution in [0.15, 0.2) is 0 Å². The van der Waals surface area contributed by atoms with Gasteiger partial charge in [0.25, 0.3) is 0 Å². The molecule has 3 nitrogen and oxygen atoms in total. The SMILES string of the molecule is OC1CCCC1NCC1CCCOC1. The molecule has 2 rings (SSSR count). The van der Waals surface area contributed by atoms with Crippen LogP contribution in [0.2, 0.25) is 0 Å². The molecule has 82 valence electrons. The van der Waals surface area contributed by atoms with E-state index in [1.54, 1.807) is 0 Å². The Kier molecular flexibility index (Phi) is 3.79. The third kappa shape index (κ3) is 2.69. The fourth-order valence-corrected chi connectivity index (χ4v) is 2.47. The van der Waals surface area contributed by atoms with E-state index in [-0.39, 0.29) is 6.10 Å². The van der Waals surface area contributed by atoms with Crippen LogP contribution in [0.5, 0.6) is 0 Å². The molecule has 0 aromatic carbocycles. The van der Waals surface area contributed by atoms with Crippen LogP contribution in [0.1, 0.15) is 32.1 Å². The Labute approximate surface area is 85.8 Å². The third-order valence-corrected chi connectivity index (χ3v) is 3.40. The van der Waals surface area contributed by atoms with E-state index in [1.807, 2.05) is 0 Å². The lowest BCUT2D eigenvalue weighted by Gasteiger charge is -2.25. The zero-order chi connectivity index (χ0) is 9.80. The molecule has 2 N–H and O–H groups in total. The monoisotopic (exact) mass is 199 g/mol. The van der Waals surface area contributed by atoms with Crippen LogP contribution >= 0.6 is 0 Å². The molecular formula is C11H21NO2. The Hall–Kier alpha value is -0.120. The number of nitrogens with one attached hydrogen (secondary N) is 1. The molecule has 3 heteroatoms. The van der Waals surface area contributed by atoms with Gasteiger partial charge in [0.05, 0.1) is 12.7 Å². The smallest absolute Gasteiger partial charge is 0.0693 e. The quantitative estimate of drug-likeness (QED) is 0.710. The van der Waals surface area contributed by atoms with Crippen molar-refractivity contribution >= 4 is 0 Å². The minimum absolute atomic E-state index is 0.112. The molecule has 0 bridgehead atoms. The molecule has 0 aromatic rings. The average Bonchev–Trinajstić information content (AvgIpc) is 2.63. The summed E-state index contributed by atoms with van der Waals surface area (Å²) in [6, 6.07) is 0.344. The topological polar surface area (TPSA) is 41.5 Å². The number of ether oxygens (including phenoxy) is 1. The van der Waals surface area contributed by atoms with Crippen molar-refractivity contribution in [2.75, 3.05) is 19.8 Å². The minimum atomic E-state index is -0.112. The first-order valence-electron chi connectivity index (χ1n) is 5.85. The molecule has 1 aliphatic carbocycles. The van der Waals surface area contributed by atoms with Crippen LogP contribution < -0.4 is 5.32 Å². The molecule has 0 amide bonds. The van der Waals surface area contributed by atoms with E-state index in [1.165, 1.54) is 19.3 Å². The highest BCUT2D eigenvalue weighted by Crippen LogP contribution is 2.20. The lowest BCUT2D eigenvalue weighted by atomic mass is 10.0. The molecule has 1 saturated heterocycles. The highest BCUT2D eigenvalue weighted by atomic mass is 16.5. The zero-order valence-corrected chi connectivity index (χ0v) is 8.74. The summed E-state index contributed by atoms with van der Waals surface area (Å²) in [6.07, 6.45) is 5.63. The van der Waals surface area contributed by atoms with Gasteiger partial charge in [-0.15, -0.1) is 0 Å². The normalized spacial score (nSPS) is 38.8. The first-order chi connectivity index (χ1) is 6.86. The van der Waals surface area contributed by atoms with Crippen molar-refractivity contribution < 1.29 is 9.84 Å². The number of aliphatic hydroxyl groups excluding tert-OH is 1. The molecule has 0 spiro atoms. The van der Waals surface area contributed by atoms with E-state index in [2.05, 4.69) is 5.32 Å². The van der Waals surface area contributed by atoms with Crippen LogP contribution in [-0.2, 0) is 4.74 Å². The number of hydrogen-bond acceptors (Lipinski definition) is 3. The Morgan fingerprint density at radius 2 is 2.14 bits per heavy atom. The van der Waals surface area contributed by atoms with Crippen molar-refractivity contribution in [3.8, 4) is 0 Å². The second-order valence-electron chi connectivity index (χ2n) is 4.60. The van der Waals surface area contributed by atoms with Crippen molar-refractivity contribution in [2.45, 2.75) is 44.2 Å². The largest absolute Gasteiger partial charge is 0.392 e. The molecule has 0 radical (unpaired) electrons. The van der Waals surface area contributed by atoms with Gasteiger partial charge >= 0.3 is 0 Å². The summed E-state index contributed by atoms with van der Waals surface area (Å²) >= 11 is 0. The maximum atomic E-state index is 9.62. The Bertz CT molecular complexity index is 169. The highest BCUT2D eigenvalue weighted by molar-refractivity contribution is 4.83. The van der Waals surface area contributed by atoms with Crippen molar-refractivity contribution in [2.24, 2.45) is 5.92 Å². The zero-order valence-electron chi connectivity index (χ0n) is 8.74. The van der Waals surface area contributed by atoms with E-state index >= 15 is 0 Å². The average molecular weight is 199 g/mol. The first kappa shape index (κ1) is 10.4. The summed E-state index contributed by atoms with van der Waals surface area (Å²) in [5.41, 5.74) is 0. The fourth-order valence-electron chi connectivity index (χ4n) is 2.47. The number of aliphatic hydroxyl groups is 1. The third-order valence-electron chi connectivity index (χ3n) is 3.40. The number of rotatable bonds is 3. The van der Waals surface area contributed by atoms with Crippen molar-refractivity contribution in [3.63, 3.8) is 0 Å². The van der Waals surface area contributed by atoms with E-state index in [4.69, 9.17) is 4.74 Å². The highest BCUT2D eigenvalue weighted by Gasteiger charge is 2.25. The van der Waals surface area contributed by atoms with Crippen molar-refractivity contribution in [3.05, 3.63) is 0 Å². The van der Waals surface area contributed by atoms with Crippen LogP contribution in [-0.4, -0.2) is 37.0 Å². The molecule has 3 unspecified atom stereocenters. The van der Waals surface area contributed by atoms with E-state index < -0.39 is 0 Å². The van der Waals surface area contributed by atoms with Crippen LogP contribution in [0.25, 0.3) is 0 Å². The van der Waals surface area contributed by atoms with Crippen molar-refractivity contribution in [1.29, 1.82) is 0 Å². The second kappa shape index (κ2) is 5.10. The molecule has 2 aliphatic rings. The van der Waals surface area contributed by atoms with Gasteiger partial charge in [-0.3, -0.25) is 0 Å². The van der Waals surface area contributed by atoms with Gasteiger partial charge < -0.3 is 15.2 Å². The van der Waals surface area contributed by atoms with Gasteiger partial charge in [-0.25, -0.2) is 0 Å². The predicted molar refractivity (Wildman–Crippen MR) is 55.2 cm³/mol. The summed E-state index contributed by atoms with van der Waals surface area (Å²) in [7, 11) is 0. The Morgan fingerprint density at radius 3 is 2.79 bits per heavy atom. The summed E-state index contributed by atoms with van der Waals surface area (Å²) in [5.74, 6) is 0.663. The summed E-state index contributed by atoms with van der Waals surface area (Å²) in [5, 5.41) is 13.1. The fraction of sp³-hybridized carbons (Fsp3) is 1.00. The van der Waals surface area contributed by atoms with E-state index in [9.17, 15) is 5.11 Å². The van der Waals surface area contributed by atoms with Gasteiger partial charge in [-0.1, -0.05) is 0 Å². The predicted octanol–water partition coefficient (Wildman–Crippen LogP) is 0.916.